The van der Waals surface area contributed by atoms with Gasteiger partial charge in [-0.1, -0.05) is 35.9 Å². The van der Waals surface area contributed by atoms with E-state index in [0.29, 0.717) is 0 Å². The smallest absolute Gasteiger partial charge is 0.309 e. The van der Waals surface area contributed by atoms with Crippen molar-refractivity contribution in [2.75, 3.05) is 7.11 Å². The summed E-state index contributed by atoms with van der Waals surface area (Å²) in [6.45, 7) is 1.95. The lowest BCUT2D eigenvalue weighted by Crippen LogP contribution is -1.96. The van der Waals surface area contributed by atoms with E-state index in [9.17, 15) is 4.79 Å². The summed E-state index contributed by atoms with van der Waals surface area (Å²) in [5, 5.41) is 0.732. The van der Waals surface area contributed by atoms with E-state index in [4.69, 9.17) is 11.6 Å². The molecule has 0 amide bonds. The number of carbonyl (C=O) groups is 1. The number of benzene rings is 1. The fraction of sp³-hybridized carbons (Fsp3) is 0.250. The van der Waals surface area contributed by atoms with Gasteiger partial charge in [-0.25, -0.2) is 0 Å². The van der Waals surface area contributed by atoms with Crippen LogP contribution in [0.3, 0.4) is 0 Å². The van der Waals surface area contributed by atoms with Crippen molar-refractivity contribution in [3.05, 3.63) is 40.4 Å². The van der Waals surface area contributed by atoms with Crippen LogP contribution in [0, 0.1) is 6.92 Å². The minimum atomic E-state index is -0.246. The maximum Gasteiger partial charge on any atom is 0.309 e. The zero-order valence-corrected chi connectivity index (χ0v) is 9.54. The highest BCUT2D eigenvalue weighted by atomic mass is 35.5. The fourth-order valence-electron chi connectivity index (χ4n) is 1.09. The van der Waals surface area contributed by atoms with Crippen LogP contribution in [0.25, 0.3) is 6.08 Å². The minimum absolute atomic E-state index is 0.246. The van der Waals surface area contributed by atoms with Crippen LogP contribution in [-0.4, -0.2) is 13.1 Å². The molecule has 0 fully saturated rings. The molecule has 0 heterocycles. The molecule has 15 heavy (non-hydrogen) atoms. The monoisotopic (exact) mass is 224 g/mol. The molecular formula is C12H13ClO2. The van der Waals surface area contributed by atoms with Gasteiger partial charge in [-0.15, -0.1) is 0 Å². The zero-order chi connectivity index (χ0) is 11.3. The van der Waals surface area contributed by atoms with Crippen LogP contribution in [0.15, 0.2) is 24.3 Å². The lowest BCUT2D eigenvalue weighted by atomic mass is 10.1. The summed E-state index contributed by atoms with van der Waals surface area (Å²) in [6, 6.07) is 5.76. The Morgan fingerprint density at radius 1 is 1.53 bits per heavy atom. The van der Waals surface area contributed by atoms with Gasteiger partial charge in [-0.05, 0) is 24.1 Å². The summed E-state index contributed by atoms with van der Waals surface area (Å²) in [5.41, 5.74) is 2.02. The van der Waals surface area contributed by atoms with E-state index in [0.717, 1.165) is 16.1 Å². The van der Waals surface area contributed by atoms with E-state index >= 15 is 0 Å². The van der Waals surface area contributed by atoms with Gasteiger partial charge in [0.2, 0.25) is 0 Å². The van der Waals surface area contributed by atoms with Gasteiger partial charge in [0.15, 0.2) is 0 Å². The SMILES string of the molecule is COC(=O)CC=Cc1ccc(C)c(Cl)c1. The molecule has 0 saturated heterocycles. The Labute approximate surface area is 94.5 Å². The normalized spacial score (nSPS) is 10.6. The molecule has 0 radical (unpaired) electrons. The molecule has 2 nitrogen and oxygen atoms in total. The van der Waals surface area contributed by atoms with E-state index in [1.807, 2.05) is 31.2 Å². The van der Waals surface area contributed by atoms with Crippen molar-refractivity contribution in [2.45, 2.75) is 13.3 Å². The number of halogens is 1. The van der Waals surface area contributed by atoms with Gasteiger partial charge >= 0.3 is 5.97 Å². The third kappa shape index (κ3) is 3.76. The molecule has 1 rings (SSSR count). The Morgan fingerprint density at radius 2 is 2.27 bits per heavy atom. The van der Waals surface area contributed by atoms with Crippen LogP contribution in [0.4, 0.5) is 0 Å². The van der Waals surface area contributed by atoms with Gasteiger partial charge < -0.3 is 4.74 Å². The first-order valence-electron chi connectivity index (χ1n) is 4.63. The van der Waals surface area contributed by atoms with Crippen molar-refractivity contribution in [2.24, 2.45) is 0 Å². The van der Waals surface area contributed by atoms with Gasteiger partial charge in [0, 0.05) is 5.02 Å². The predicted octanol–water partition coefficient (Wildman–Crippen LogP) is 3.22. The maximum absolute atomic E-state index is 10.8. The molecule has 0 aliphatic carbocycles. The molecule has 0 unspecified atom stereocenters. The van der Waals surface area contributed by atoms with Gasteiger partial charge in [0.1, 0.15) is 0 Å². The van der Waals surface area contributed by atoms with Crippen molar-refractivity contribution in [3.63, 3.8) is 0 Å². The van der Waals surface area contributed by atoms with Gasteiger partial charge in [-0.3, -0.25) is 4.79 Å². The van der Waals surface area contributed by atoms with Crippen LogP contribution in [0.5, 0.6) is 0 Å². The first-order chi connectivity index (χ1) is 7.13. The molecule has 3 heteroatoms. The average molecular weight is 225 g/mol. The lowest BCUT2D eigenvalue weighted by Gasteiger charge is -1.98. The van der Waals surface area contributed by atoms with Crippen molar-refractivity contribution < 1.29 is 9.53 Å². The summed E-state index contributed by atoms with van der Waals surface area (Å²) in [5.74, 6) is -0.246. The number of carbonyl (C=O) groups excluding carboxylic acids is 1. The second-order valence-corrected chi connectivity index (χ2v) is 3.60. The molecule has 0 aromatic heterocycles. The summed E-state index contributed by atoms with van der Waals surface area (Å²) in [4.78, 5) is 10.8. The molecule has 0 N–H and O–H groups in total. The molecule has 0 saturated carbocycles. The molecule has 1 aromatic carbocycles. The second kappa shape index (κ2) is 5.56. The van der Waals surface area contributed by atoms with E-state index in [-0.39, 0.29) is 12.4 Å². The van der Waals surface area contributed by atoms with Crippen molar-refractivity contribution >= 4 is 23.6 Å². The Morgan fingerprint density at radius 3 is 2.87 bits per heavy atom. The van der Waals surface area contributed by atoms with E-state index < -0.39 is 0 Å². The molecule has 80 valence electrons. The van der Waals surface area contributed by atoms with Gasteiger partial charge in [0.25, 0.3) is 0 Å². The quantitative estimate of drug-likeness (QED) is 0.737. The van der Waals surface area contributed by atoms with Crippen LogP contribution in [-0.2, 0) is 9.53 Å². The summed E-state index contributed by atoms with van der Waals surface area (Å²) < 4.78 is 4.51. The maximum atomic E-state index is 10.8. The first-order valence-corrected chi connectivity index (χ1v) is 5.01. The molecular weight excluding hydrogens is 212 g/mol. The summed E-state index contributed by atoms with van der Waals surface area (Å²) in [7, 11) is 1.37. The van der Waals surface area contributed by atoms with E-state index in [2.05, 4.69) is 4.74 Å². The molecule has 0 spiro atoms. The highest BCUT2D eigenvalue weighted by Crippen LogP contribution is 2.17. The fourth-order valence-corrected chi connectivity index (χ4v) is 1.28. The second-order valence-electron chi connectivity index (χ2n) is 3.19. The Kier molecular flexibility index (Phi) is 4.37. The molecule has 0 atom stereocenters. The average Bonchev–Trinajstić information content (AvgIpc) is 2.23. The highest BCUT2D eigenvalue weighted by molar-refractivity contribution is 6.31. The van der Waals surface area contributed by atoms with Crippen LogP contribution < -0.4 is 0 Å². The van der Waals surface area contributed by atoms with Gasteiger partial charge in [-0.2, -0.15) is 0 Å². The van der Waals surface area contributed by atoms with Gasteiger partial charge in [0.05, 0.1) is 13.5 Å². The number of methoxy groups -OCH3 is 1. The first kappa shape index (κ1) is 11.8. The molecule has 0 aliphatic rings. The molecule has 0 bridgehead atoms. The minimum Gasteiger partial charge on any atom is -0.469 e. The van der Waals surface area contributed by atoms with E-state index in [1.165, 1.54) is 7.11 Å². The van der Waals surface area contributed by atoms with Crippen molar-refractivity contribution in [1.82, 2.24) is 0 Å². The highest BCUT2D eigenvalue weighted by Gasteiger charge is 1.96. The number of hydrogen-bond acceptors (Lipinski definition) is 2. The largest absolute Gasteiger partial charge is 0.469 e. The molecule has 0 aliphatic heterocycles. The summed E-state index contributed by atoms with van der Waals surface area (Å²) in [6.07, 6.45) is 3.89. The predicted molar refractivity (Wildman–Crippen MR) is 61.9 cm³/mol. The molecule has 1 aromatic rings. The Balaban J connectivity index is 2.65. The topological polar surface area (TPSA) is 26.3 Å². The van der Waals surface area contributed by atoms with Crippen LogP contribution in [0.2, 0.25) is 5.02 Å². The number of ether oxygens (including phenoxy) is 1. The summed E-state index contributed by atoms with van der Waals surface area (Å²) >= 11 is 5.96. The number of rotatable bonds is 3. The van der Waals surface area contributed by atoms with Crippen LogP contribution >= 0.6 is 11.6 Å². The van der Waals surface area contributed by atoms with E-state index in [1.54, 1.807) is 6.08 Å². The van der Waals surface area contributed by atoms with Crippen molar-refractivity contribution in [1.29, 1.82) is 0 Å². The Hall–Kier alpha value is -1.28. The van der Waals surface area contributed by atoms with Crippen LogP contribution in [0.1, 0.15) is 17.5 Å². The lowest BCUT2D eigenvalue weighted by molar-refractivity contribution is -0.139. The number of hydrogen-bond donors (Lipinski definition) is 0. The third-order valence-corrected chi connectivity index (χ3v) is 2.43. The third-order valence-electron chi connectivity index (χ3n) is 2.02. The number of esters is 1. The Bertz CT molecular complexity index is 383. The number of aryl methyl sites for hydroxylation is 1. The van der Waals surface area contributed by atoms with Crippen molar-refractivity contribution in [3.8, 4) is 0 Å². The zero-order valence-electron chi connectivity index (χ0n) is 8.79. The standard InChI is InChI=1S/C12H13ClO2/c1-9-6-7-10(8-11(9)13)4-3-5-12(14)15-2/h3-4,6-8H,5H2,1-2H3.